The molecule has 1 unspecified atom stereocenters. The van der Waals surface area contributed by atoms with Gasteiger partial charge in [-0.25, -0.2) is 9.67 Å². The first kappa shape index (κ1) is 20.2. The highest BCUT2D eigenvalue weighted by atomic mass is 16.5. The van der Waals surface area contributed by atoms with Crippen LogP contribution in [-0.2, 0) is 13.6 Å². The van der Waals surface area contributed by atoms with Crippen molar-refractivity contribution in [3.8, 4) is 5.88 Å². The van der Waals surface area contributed by atoms with E-state index in [1.165, 1.54) is 0 Å². The molecule has 0 bridgehead atoms. The topological polar surface area (TPSA) is 78.1 Å². The number of benzene rings is 2. The van der Waals surface area contributed by atoms with Gasteiger partial charge in [-0.15, -0.1) is 5.10 Å². The Morgan fingerprint density at radius 1 is 1.12 bits per heavy atom. The number of methoxy groups -OCH3 is 1. The number of hydrogen-bond acceptors (Lipinski definition) is 5. The molecule has 5 rings (SSSR count). The van der Waals surface area contributed by atoms with E-state index in [-0.39, 0.29) is 17.5 Å². The van der Waals surface area contributed by atoms with Crippen LogP contribution in [0.3, 0.4) is 0 Å². The van der Waals surface area contributed by atoms with Gasteiger partial charge in [0.05, 0.1) is 24.7 Å². The van der Waals surface area contributed by atoms with Crippen LogP contribution in [0.1, 0.15) is 40.6 Å². The zero-order valence-corrected chi connectivity index (χ0v) is 18.3. The number of para-hydroxylation sites is 2. The fraction of sp³-hybridized carbons (Fsp3) is 0.333. The van der Waals surface area contributed by atoms with Gasteiger partial charge in [-0.2, -0.15) is 0 Å². The van der Waals surface area contributed by atoms with Gasteiger partial charge >= 0.3 is 0 Å². The van der Waals surface area contributed by atoms with Crippen LogP contribution in [0.4, 0.5) is 0 Å². The molecule has 1 aliphatic rings. The van der Waals surface area contributed by atoms with Gasteiger partial charge in [0.25, 0.3) is 5.91 Å². The lowest BCUT2D eigenvalue weighted by atomic mass is 9.97. The molecule has 0 saturated carbocycles. The summed E-state index contributed by atoms with van der Waals surface area (Å²) < 4.78 is 9.32. The largest absolute Gasteiger partial charge is 0.479 e. The molecule has 3 heterocycles. The molecule has 1 fully saturated rings. The lowest BCUT2D eigenvalue weighted by molar-refractivity contribution is 0.0694. The summed E-state index contributed by atoms with van der Waals surface area (Å²) in [5.41, 5.74) is 3.42. The van der Waals surface area contributed by atoms with E-state index >= 15 is 0 Å². The predicted molar refractivity (Wildman–Crippen MR) is 121 cm³/mol. The summed E-state index contributed by atoms with van der Waals surface area (Å²) in [6, 6.07) is 18.1. The Morgan fingerprint density at radius 2 is 1.91 bits per heavy atom. The molecule has 1 atom stereocenters. The van der Waals surface area contributed by atoms with E-state index in [1.54, 1.807) is 11.8 Å². The highest BCUT2D eigenvalue weighted by Crippen LogP contribution is 2.30. The van der Waals surface area contributed by atoms with Crippen molar-refractivity contribution >= 4 is 16.9 Å². The molecule has 2 aromatic heterocycles. The molecular weight excluding hydrogens is 404 g/mol. The standard InChI is InChI=1S/C24H26N6O2/c1-28-20-13-7-6-12-19(20)25-22(28)18-11-8-14-29(16-18)23(31)21-24(32-2)30(27-26-21)15-17-9-4-3-5-10-17/h3-7,9-10,12-13,18H,8,11,14-16H2,1-2H3. The van der Waals surface area contributed by atoms with Crippen molar-refractivity contribution in [3.63, 3.8) is 0 Å². The summed E-state index contributed by atoms with van der Waals surface area (Å²) >= 11 is 0. The molecule has 4 aromatic rings. The number of aryl methyl sites for hydroxylation is 1. The number of carbonyl (C=O) groups is 1. The monoisotopic (exact) mass is 430 g/mol. The fourth-order valence-corrected chi connectivity index (χ4v) is 4.55. The van der Waals surface area contributed by atoms with Gasteiger partial charge in [0.15, 0.2) is 0 Å². The maximum Gasteiger partial charge on any atom is 0.280 e. The Bertz CT molecular complexity index is 1250. The number of piperidine rings is 1. The molecule has 2 aromatic carbocycles. The highest BCUT2D eigenvalue weighted by Gasteiger charge is 2.32. The van der Waals surface area contributed by atoms with E-state index < -0.39 is 0 Å². The SMILES string of the molecule is COc1c(C(=O)N2CCCC(c3nc4ccccc4n3C)C2)nnn1Cc1ccccc1. The Labute approximate surface area is 186 Å². The maximum absolute atomic E-state index is 13.4. The van der Waals surface area contributed by atoms with Gasteiger partial charge in [-0.05, 0) is 30.5 Å². The highest BCUT2D eigenvalue weighted by molar-refractivity contribution is 5.94. The van der Waals surface area contributed by atoms with Crippen molar-refractivity contribution in [2.45, 2.75) is 25.3 Å². The lowest BCUT2D eigenvalue weighted by Gasteiger charge is -2.32. The molecule has 0 radical (unpaired) electrons. The summed E-state index contributed by atoms with van der Waals surface area (Å²) in [4.78, 5) is 20.1. The molecule has 8 heteroatoms. The van der Waals surface area contributed by atoms with Crippen LogP contribution in [0.2, 0.25) is 0 Å². The average molecular weight is 431 g/mol. The predicted octanol–water partition coefficient (Wildman–Crippen LogP) is 3.24. The van der Waals surface area contributed by atoms with E-state index in [9.17, 15) is 4.79 Å². The molecule has 0 spiro atoms. The smallest absolute Gasteiger partial charge is 0.280 e. The number of nitrogens with zero attached hydrogens (tertiary/aromatic N) is 6. The van der Waals surface area contributed by atoms with E-state index in [0.29, 0.717) is 25.5 Å². The van der Waals surface area contributed by atoms with Crippen LogP contribution >= 0.6 is 0 Å². The van der Waals surface area contributed by atoms with Crippen LogP contribution in [0, 0.1) is 0 Å². The number of likely N-dealkylation sites (tertiary alicyclic amines) is 1. The molecule has 0 N–H and O–H groups in total. The zero-order valence-electron chi connectivity index (χ0n) is 18.3. The molecule has 1 amide bonds. The normalized spacial score (nSPS) is 16.4. The molecule has 32 heavy (non-hydrogen) atoms. The van der Waals surface area contributed by atoms with Crippen molar-refractivity contribution in [2.24, 2.45) is 7.05 Å². The van der Waals surface area contributed by atoms with Crippen molar-refractivity contribution in [2.75, 3.05) is 20.2 Å². The van der Waals surface area contributed by atoms with Gasteiger partial charge in [-0.3, -0.25) is 4.79 Å². The maximum atomic E-state index is 13.4. The van der Waals surface area contributed by atoms with E-state index in [1.807, 2.05) is 60.5 Å². The summed E-state index contributed by atoms with van der Waals surface area (Å²) in [5, 5.41) is 8.38. The summed E-state index contributed by atoms with van der Waals surface area (Å²) in [6.45, 7) is 1.78. The fourth-order valence-electron chi connectivity index (χ4n) is 4.55. The second-order valence-corrected chi connectivity index (χ2v) is 8.20. The number of fused-ring (bicyclic) bond motifs is 1. The first-order chi connectivity index (χ1) is 15.7. The first-order valence-corrected chi connectivity index (χ1v) is 10.9. The van der Waals surface area contributed by atoms with Crippen LogP contribution in [0.5, 0.6) is 5.88 Å². The number of ether oxygens (including phenoxy) is 1. The molecule has 1 saturated heterocycles. The van der Waals surface area contributed by atoms with Crippen molar-refractivity contribution in [1.82, 2.24) is 29.4 Å². The third kappa shape index (κ3) is 3.62. The molecule has 164 valence electrons. The Morgan fingerprint density at radius 3 is 2.69 bits per heavy atom. The zero-order chi connectivity index (χ0) is 22.1. The lowest BCUT2D eigenvalue weighted by Crippen LogP contribution is -2.40. The van der Waals surface area contributed by atoms with Gasteiger partial charge in [0.2, 0.25) is 11.6 Å². The second-order valence-electron chi connectivity index (χ2n) is 8.20. The number of hydrogen-bond donors (Lipinski definition) is 0. The van der Waals surface area contributed by atoms with Crippen LogP contribution in [0.25, 0.3) is 11.0 Å². The van der Waals surface area contributed by atoms with Crippen LogP contribution in [0.15, 0.2) is 54.6 Å². The van der Waals surface area contributed by atoms with Gasteiger partial charge in [0.1, 0.15) is 5.82 Å². The van der Waals surface area contributed by atoms with Gasteiger partial charge < -0.3 is 14.2 Å². The van der Waals surface area contributed by atoms with Crippen LogP contribution < -0.4 is 4.74 Å². The van der Waals surface area contributed by atoms with Gasteiger partial charge in [-0.1, -0.05) is 47.7 Å². The van der Waals surface area contributed by atoms with E-state index in [4.69, 9.17) is 9.72 Å². The molecule has 0 aliphatic carbocycles. The average Bonchev–Trinajstić information content (AvgIpc) is 3.40. The Balaban J connectivity index is 1.38. The number of carbonyl (C=O) groups excluding carboxylic acids is 1. The first-order valence-electron chi connectivity index (χ1n) is 10.9. The van der Waals surface area contributed by atoms with Gasteiger partial charge in [0, 0.05) is 26.1 Å². The number of imidazole rings is 1. The summed E-state index contributed by atoms with van der Waals surface area (Å²) in [5.74, 6) is 1.44. The Hall–Kier alpha value is -3.68. The number of amides is 1. The van der Waals surface area contributed by atoms with E-state index in [0.717, 1.165) is 35.3 Å². The quantitative estimate of drug-likeness (QED) is 0.486. The summed E-state index contributed by atoms with van der Waals surface area (Å²) in [6.07, 6.45) is 1.92. The third-order valence-electron chi connectivity index (χ3n) is 6.16. The van der Waals surface area contributed by atoms with Crippen LogP contribution in [-0.4, -0.2) is 55.6 Å². The summed E-state index contributed by atoms with van der Waals surface area (Å²) in [7, 11) is 3.60. The molecular formula is C24H26N6O2. The third-order valence-corrected chi connectivity index (χ3v) is 6.16. The number of aromatic nitrogens is 5. The molecule has 1 aliphatic heterocycles. The van der Waals surface area contributed by atoms with Crippen molar-refractivity contribution < 1.29 is 9.53 Å². The van der Waals surface area contributed by atoms with E-state index in [2.05, 4.69) is 20.9 Å². The number of rotatable bonds is 5. The Kier molecular flexibility index (Phi) is 5.34. The molecule has 8 nitrogen and oxygen atoms in total. The minimum absolute atomic E-state index is 0.148. The van der Waals surface area contributed by atoms with Crippen molar-refractivity contribution in [3.05, 3.63) is 71.7 Å². The minimum Gasteiger partial charge on any atom is -0.479 e. The van der Waals surface area contributed by atoms with Crippen molar-refractivity contribution in [1.29, 1.82) is 0 Å². The minimum atomic E-state index is -0.148. The second kappa shape index (κ2) is 8.45.